The minimum Gasteiger partial charge on any atom is -0.380 e. The molecule has 0 amide bonds. The van der Waals surface area contributed by atoms with E-state index in [1.165, 1.54) is 18.5 Å². The van der Waals surface area contributed by atoms with E-state index < -0.39 is 4.92 Å². The molecule has 24 heavy (non-hydrogen) atoms. The molecule has 0 atom stereocenters. The maximum atomic E-state index is 11.0. The van der Waals surface area contributed by atoms with E-state index in [4.69, 9.17) is 4.74 Å². The van der Waals surface area contributed by atoms with Gasteiger partial charge in [-0.15, -0.1) is 0 Å². The van der Waals surface area contributed by atoms with Gasteiger partial charge in [0.1, 0.15) is 12.1 Å². The molecule has 0 aliphatic rings. The standard InChI is InChI=1S/C17H16N4O3/c1-24-10-13-5-3-2-4-12(13)9-18-17-15-8-14(21(22)23)6-7-16(15)19-11-20-17/h2-8,11H,9-10H2,1H3,(H,18,19,20). The summed E-state index contributed by atoms with van der Waals surface area (Å²) in [6.07, 6.45) is 1.44. The fourth-order valence-electron chi connectivity index (χ4n) is 2.50. The Kier molecular flexibility index (Phi) is 4.62. The van der Waals surface area contributed by atoms with Crippen molar-refractivity contribution < 1.29 is 9.66 Å². The summed E-state index contributed by atoms with van der Waals surface area (Å²) in [4.78, 5) is 18.9. The van der Waals surface area contributed by atoms with Crippen LogP contribution in [0, 0.1) is 10.1 Å². The number of methoxy groups -OCH3 is 1. The van der Waals surface area contributed by atoms with Gasteiger partial charge < -0.3 is 10.1 Å². The maximum absolute atomic E-state index is 11.0. The Morgan fingerprint density at radius 1 is 1.17 bits per heavy atom. The molecule has 3 rings (SSSR count). The van der Waals surface area contributed by atoms with E-state index in [1.807, 2.05) is 24.3 Å². The van der Waals surface area contributed by atoms with Crippen molar-refractivity contribution in [2.24, 2.45) is 0 Å². The van der Waals surface area contributed by atoms with Crippen molar-refractivity contribution in [1.82, 2.24) is 9.97 Å². The Balaban J connectivity index is 1.90. The maximum Gasteiger partial charge on any atom is 0.270 e. The largest absolute Gasteiger partial charge is 0.380 e. The lowest BCUT2D eigenvalue weighted by atomic mass is 10.1. The second kappa shape index (κ2) is 7.01. The zero-order chi connectivity index (χ0) is 16.9. The first-order valence-electron chi connectivity index (χ1n) is 7.38. The lowest BCUT2D eigenvalue weighted by Gasteiger charge is -2.11. The zero-order valence-electron chi connectivity index (χ0n) is 13.1. The predicted molar refractivity (Wildman–Crippen MR) is 90.7 cm³/mol. The van der Waals surface area contributed by atoms with Crippen LogP contribution in [0.4, 0.5) is 11.5 Å². The smallest absolute Gasteiger partial charge is 0.270 e. The highest BCUT2D eigenvalue weighted by Crippen LogP contribution is 2.25. The molecular weight excluding hydrogens is 308 g/mol. The third kappa shape index (κ3) is 3.31. The number of anilines is 1. The molecule has 3 aromatic rings. The Labute approximate surface area is 138 Å². The summed E-state index contributed by atoms with van der Waals surface area (Å²) in [5, 5.41) is 14.8. The van der Waals surface area contributed by atoms with Crippen molar-refractivity contribution in [2.75, 3.05) is 12.4 Å². The summed E-state index contributed by atoms with van der Waals surface area (Å²) in [7, 11) is 1.65. The molecule has 0 saturated heterocycles. The van der Waals surface area contributed by atoms with Gasteiger partial charge in [0.2, 0.25) is 0 Å². The first-order chi connectivity index (χ1) is 11.7. The number of hydrogen-bond donors (Lipinski definition) is 1. The third-order valence-electron chi connectivity index (χ3n) is 3.69. The van der Waals surface area contributed by atoms with E-state index in [9.17, 15) is 10.1 Å². The molecule has 7 nitrogen and oxygen atoms in total. The number of rotatable bonds is 6. The second-order valence-electron chi connectivity index (χ2n) is 5.24. The summed E-state index contributed by atoms with van der Waals surface area (Å²) >= 11 is 0. The molecule has 0 saturated carbocycles. The molecule has 0 fully saturated rings. The SMILES string of the molecule is COCc1ccccc1CNc1ncnc2ccc([N+](=O)[O-])cc12. The number of nitro benzene ring substituents is 1. The Bertz CT molecular complexity index is 883. The Morgan fingerprint density at radius 3 is 2.71 bits per heavy atom. The van der Waals surface area contributed by atoms with Gasteiger partial charge in [-0.1, -0.05) is 24.3 Å². The van der Waals surface area contributed by atoms with Crippen LogP contribution >= 0.6 is 0 Å². The van der Waals surface area contributed by atoms with Gasteiger partial charge in [-0.05, 0) is 17.2 Å². The first kappa shape index (κ1) is 15.8. The third-order valence-corrected chi connectivity index (χ3v) is 3.69. The molecule has 0 aliphatic carbocycles. The number of aromatic nitrogens is 2. The van der Waals surface area contributed by atoms with Crippen molar-refractivity contribution in [3.63, 3.8) is 0 Å². The zero-order valence-corrected chi connectivity index (χ0v) is 13.1. The van der Waals surface area contributed by atoms with E-state index in [2.05, 4.69) is 15.3 Å². The number of benzene rings is 2. The molecule has 1 N–H and O–H groups in total. The van der Waals surface area contributed by atoms with Gasteiger partial charge in [0, 0.05) is 31.2 Å². The topological polar surface area (TPSA) is 90.2 Å². The Morgan fingerprint density at radius 2 is 1.96 bits per heavy atom. The van der Waals surface area contributed by atoms with Crippen LogP contribution in [-0.4, -0.2) is 22.0 Å². The van der Waals surface area contributed by atoms with E-state index in [-0.39, 0.29) is 5.69 Å². The quantitative estimate of drug-likeness (QED) is 0.552. The van der Waals surface area contributed by atoms with Crippen molar-refractivity contribution in [2.45, 2.75) is 13.2 Å². The second-order valence-corrected chi connectivity index (χ2v) is 5.24. The highest BCUT2D eigenvalue weighted by atomic mass is 16.6. The van der Waals surface area contributed by atoms with Crippen LogP contribution in [0.25, 0.3) is 10.9 Å². The van der Waals surface area contributed by atoms with Crippen molar-refractivity contribution in [3.05, 3.63) is 70.0 Å². The van der Waals surface area contributed by atoms with Crippen LogP contribution in [0.3, 0.4) is 0 Å². The number of hydrogen-bond acceptors (Lipinski definition) is 6. The summed E-state index contributed by atoms with van der Waals surface area (Å²) in [5.74, 6) is 0.566. The summed E-state index contributed by atoms with van der Waals surface area (Å²) in [6.45, 7) is 1.06. The molecule has 7 heteroatoms. The van der Waals surface area contributed by atoms with E-state index in [1.54, 1.807) is 13.2 Å². The highest BCUT2D eigenvalue weighted by molar-refractivity contribution is 5.90. The summed E-state index contributed by atoms with van der Waals surface area (Å²) in [5.41, 5.74) is 2.83. The summed E-state index contributed by atoms with van der Waals surface area (Å²) in [6, 6.07) is 12.5. The fourth-order valence-corrected chi connectivity index (χ4v) is 2.50. The van der Waals surface area contributed by atoms with Gasteiger partial charge in [-0.25, -0.2) is 9.97 Å². The van der Waals surface area contributed by atoms with Crippen molar-refractivity contribution in [3.8, 4) is 0 Å². The number of non-ortho nitro benzene ring substituents is 1. The Hall–Kier alpha value is -3.06. The molecule has 2 aromatic carbocycles. The predicted octanol–water partition coefficient (Wildman–Crippen LogP) is 3.30. The van der Waals surface area contributed by atoms with Gasteiger partial charge in [-0.2, -0.15) is 0 Å². The molecular formula is C17H16N4O3. The number of fused-ring (bicyclic) bond motifs is 1. The average molecular weight is 324 g/mol. The van der Waals surface area contributed by atoms with Gasteiger partial charge in [0.25, 0.3) is 5.69 Å². The first-order valence-corrected chi connectivity index (χ1v) is 7.38. The molecule has 0 unspecified atom stereocenters. The highest BCUT2D eigenvalue weighted by Gasteiger charge is 2.11. The van der Waals surface area contributed by atoms with Gasteiger partial charge in [0.15, 0.2) is 0 Å². The summed E-state index contributed by atoms with van der Waals surface area (Å²) < 4.78 is 5.20. The van der Waals surface area contributed by atoms with E-state index in [0.717, 1.165) is 11.1 Å². The molecule has 0 radical (unpaired) electrons. The van der Waals surface area contributed by atoms with Crippen LogP contribution in [0.2, 0.25) is 0 Å². The molecule has 0 spiro atoms. The van der Waals surface area contributed by atoms with Crippen LogP contribution in [0.15, 0.2) is 48.8 Å². The van der Waals surface area contributed by atoms with Crippen LogP contribution < -0.4 is 5.32 Å². The van der Waals surface area contributed by atoms with Crippen LogP contribution in [0.5, 0.6) is 0 Å². The van der Waals surface area contributed by atoms with E-state index >= 15 is 0 Å². The van der Waals surface area contributed by atoms with Crippen LogP contribution in [0.1, 0.15) is 11.1 Å². The number of ether oxygens (including phenoxy) is 1. The minimum absolute atomic E-state index is 0.0140. The van der Waals surface area contributed by atoms with Gasteiger partial charge >= 0.3 is 0 Å². The monoisotopic (exact) mass is 324 g/mol. The normalized spacial score (nSPS) is 10.7. The number of nitrogens with zero attached hydrogens (tertiary/aromatic N) is 3. The number of nitro groups is 1. The van der Waals surface area contributed by atoms with Crippen molar-refractivity contribution >= 4 is 22.4 Å². The average Bonchev–Trinajstić information content (AvgIpc) is 2.60. The number of nitrogens with one attached hydrogen (secondary N) is 1. The van der Waals surface area contributed by atoms with Crippen LogP contribution in [-0.2, 0) is 17.9 Å². The molecule has 0 aliphatic heterocycles. The fraction of sp³-hybridized carbons (Fsp3) is 0.176. The van der Waals surface area contributed by atoms with Gasteiger partial charge in [0.05, 0.1) is 17.0 Å². The lowest BCUT2D eigenvalue weighted by molar-refractivity contribution is -0.384. The van der Waals surface area contributed by atoms with E-state index in [0.29, 0.717) is 29.9 Å². The van der Waals surface area contributed by atoms with Gasteiger partial charge in [-0.3, -0.25) is 10.1 Å². The lowest BCUT2D eigenvalue weighted by Crippen LogP contribution is -2.05. The van der Waals surface area contributed by atoms with Crippen molar-refractivity contribution in [1.29, 1.82) is 0 Å². The molecule has 1 heterocycles. The molecule has 0 bridgehead atoms. The molecule has 122 valence electrons. The minimum atomic E-state index is -0.426. The molecule has 1 aromatic heterocycles.